The lowest BCUT2D eigenvalue weighted by molar-refractivity contribution is 1.10. The molecule has 0 spiro atoms. The van der Waals surface area contributed by atoms with Crippen LogP contribution in [0, 0.1) is 0 Å². The predicted molar refractivity (Wildman–Crippen MR) is 59.0 cm³/mol. The first kappa shape index (κ1) is 13.5. The molecule has 6 heteroatoms. The lowest BCUT2D eigenvalue weighted by Gasteiger charge is -2.20. The molecule has 0 saturated carbocycles. The van der Waals surface area contributed by atoms with Gasteiger partial charge in [0.05, 0.1) is 0 Å². The molecule has 0 aliphatic rings. The largest absolute Gasteiger partial charge is 0.212 e. The van der Waals surface area contributed by atoms with E-state index in [1.807, 2.05) is 0 Å². The van der Waals surface area contributed by atoms with E-state index in [2.05, 4.69) is 0 Å². The third kappa shape index (κ3) is 4.13. The Labute approximate surface area is 102 Å². The first-order valence-corrected chi connectivity index (χ1v) is 5.15. The minimum atomic E-state index is -1.52. The van der Waals surface area contributed by atoms with Crippen LogP contribution in [0.25, 0.3) is 0 Å². The molecule has 0 fully saturated rings. The summed E-state index contributed by atoms with van der Waals surface area (Å²) >= 11 is 33.5. The average molecular weight is 291 g/mol. The second-order valence-electron chi connectivity index (χ2n) is 2.25. The monoisotopic (exact) mass is 288 g/mol. The van der Waals surface area contributed by atoms with Crippen molar-refractivity contribution >= 4 is 69.6 Å². The van der Waals surface area contributed by atoms with Gasteiger partial charge in [0.2, 0.25) is 7.59 Å². The van der Waals surface area contributed by atoms with E-state index >= 15 is 0 Å². The molecule has 0 aliphatic heterocycles. The molecule has 72 valence electrons. The van der Waals surface area contributed by atoms with Crippen molar-refractivity contribution in [1.29, 1.82) is 0 Å². The molecule has 0 radical (unpaired) electrons. The summed E-state index contributed by atoms with van der Waals surface area (Å²) in [7, 11) is 0. The van der Waals surface area contributed by atoms with Crippen molar-refractivity contribution in [2.24, 2.45) is 0 Å². The molecule has 0 heterocycles. The van der Waals surface area contributed by atoms with E-state index in [1.165, 1.54) is 0 Å². The van der Waals surface area contributed by atoms with E-state index in [0.717, 1.165) is 0 Å². The SMILES string of the molecule is C/C(=C(\C)C(Cl)(Cl)Cl)C(Cl)(Cl)Cl. The number of halogens is 6. The van der Waals surface area contributed by atoms with Gasteiger partial charge in [-0.3, -0.25) is 0 Å². The molecule has 0 amide bonds. The predicted octanol–water partition coefficient (Wildman–Crippen LogP) is 5.06. The van der Waals surface area contributed by atoms with Gasteiger partial charge in [-0.1, -0.05) is 69.6 Å². The minimum Gasteiger partial charge on any atom is -0.0788 e. The molecule has 0 aromatic rings. The van der Waals surface area contributed by atoms with Crippen LogP contribution in [0.4, 0.5) is 0 Å². The Balaban J connectivity index is 4.96. The molecule has 0 unspecified atom stereocenters. The van der Waals surface area contributed by atoms with Crippen molar-refractivity contribution in [3.63, 3.8) is 0 Å². The van der Waals surface area contributed by atoms with Gasteiger partial charge in [0.25, 0.3) is 0 Å². The van der Waals surface area contributed by atoms with E-state index in [4.69, 9.17) is 69.6 Å². The van der Waals surface area contributed by atoms with Crippen molar-refractivity contribution in [2.45, 2.75) is 21.4 Å². The van der Waals surface area contributed by atoms with E-state index in [1.54, 1.807) is 13.8 Å². The normalized spacial score (nSPS) is 16.0. The molecule has 0 saturated heterocycles. The molecule has 0 aromatic heterocycles. The van der Waals surface area contributed by atoms with Crippen LogP contribution in [0.5, 0.6) is 0 Å². The number of alkyl halides is 6. The fourth-order valence-electron chi connectivity index (χ4n) is 0.425. The van der Waals surface area contributed by atoms with Crippen LogP contribution in [0.1, 0.15) is 13.8 Å². The summed E-state index contributed by atoms with van der Waals surface area (Å²) in [5.74, 6) is 0. The van der Waals surface area contributed by atoms with Crippen LogP contribution in [0.3, 0.4) is 0 Å². The van der Waals surface area contributed by atoms with Gasteiger partial charge in [-0.15, -0.1) is 0 Å². The Morgan fingerprint density at radius 1 is 0.667 bits per heavy atom. The van der Waals surface area contributed by atoms with Crippen LogP contribution in [0.15, 0.2) is 11.1 Å². The van der Waals surface area contributed by atoms with Gasteiger partial charge in [0.1, 0.15) is 0 Å². The molecule has 0 atom stereocenters. The van der Waals surface area contributed by atoms with Gasteiger partial charge in [-0.2, -0.15) is 0 Å². The molecule has 0 N–H and O–H groups in total. The highest BCUT2D eigenvalue weighted by Gasteiger charge is 2.31. The van der Waals surface area contributed by atoms with E-state index < -0.39 is 7.59 Å². The number of hydrogen-bond acceptors (Lipinski definition) is 0. The highest BCUT2D eigenvalue weighted by atomic mass is 35.6. The van der Waals surface area contributed by atoms with Gasteiger partial charge >= 0.3 is 0 Å². The molecule has 0 rings (SSSR count). The van der Waals surface area contributed by atoms with E-state index in [9.17, 15) is 0 Å². The molecule has 0 aliphatic carbocycles. The second-order valence-corrected chi connectivity index (χ2v) is 6.81. The Morgan fingerprint density at radius 2 is 0.833 bits per heavy atom. The quantitative estimate of drug-likeness (QED) is 0.432. The zero-order valence-corrected chi connectivity index (χ0v) is 10.8. The smallest absolute Gasteiger partial charge is 0.0788 e. The lowest BCUT2D eigenvalue weighted by atomic mass is 10.2. The highest BCUT2D eigenvalue weighted by molar-refractivity contribution is 6.71. The zero-order valence-electron chi connectivity index (χ0n) is 6.27. The first-order valence-electron chi connectivity index (χ1n) is 2.88. The highest BCUT2D eigenvalue weighted by Crippen LogP contribution is 2.43. The summed E-state index contributed by atoms with van der Waals surface area (Å²) in [4.78, 5) is 0. The van der Waals surface area contributed by atoms with Crippen molar-refractivity contribution < 1.29 is 0 Å². The number of rotatable bonds is 0. The summed E-state index contributed by atoms with van der Waals surface area (Å²) < 4.78 is -3.04. The number of allylic oxidation sites excluding steroid dienone is 2. The maximum atomic E-state index is 5.58. The summed E-state index contributed by atoms with van der Waals surface area (Å²) in [6.45, 7) is 3.20. The Kier molecular flexibility index (Phi) is 4.87. The molecule has 0 nitrogen and oxygen atoms in total. The third-order valence-corrected chi connectivity index (χ3v) is 3.11. The third-order valence-electron chi connectivity index (χ3n) is 1.41. The van der Waals surface area contributed by atoms with Gasteiger partial charge in [0, 0.05) is 0 Å². The summed E-state index contributed by atoms with van der Waals surface area (Å²) in [5, 5.41) is 0. The Bertz CT molecular complexity index is 171. The van der Waals surface area contributed by atoms with Crippen molar-refractivity contribution in [2.75, 3.05) is 0 Å². The molecular formula is C6H6Cl6. The fourth-order valence-corrected chi connectivity index (χ4v) is 1.28. The molecule has 0 aromatic carbocycles. The summed E-state index contributed by atoms with van der Waals surface area (Å²) in [5.41, 5.74) is 0.847. The zero-order chi connectivity index (χ0) is 10.2. The maximum absolute atomic E-state index is 5.58. The van der Waals surface area contributed by atoms with Gasteiger partial charge < -0.3 is 0 Å². The van der Waals surface area contributed by atoms with Crippen LogP contribution in [0.2, 0.25) is 0 Å². The van der Waals surface area contributed by atoms with Gasteiger partial charge in [-0.25, -0.2) is 0 Å². The van der Waals surface area contributed by atoms with E-state index in [0.29, 0.717) is 11.1 Å². The Hall–Kier alpha value is 1.48. The topological polar surface area (TPSA) is 0 Å². The Morgan fingerprint density at radius 3 is 0.917 bits per heavy atom. The van der Waals surface area contributed by atoms with Gasteiger partial charge in [-0.05, 0) is 25.0 Å². The van der Waals surface area contributed by atoms with Crippen molar-refractivity contribution in [3.05, 3.63) is 11.1 Å². The first-order chi connectivity index (χ1) is 5.07. The minimum absolute atomic E-state index is 0.424. The lowest BCUT2D eigenvalue weighted by Crippen LogP contribution is -2.14. The van der Waals surface area contributed by atoms with Crippen LogP contribution in [-0.4, -0.2) is 7.59 Å². The molecule has 12 heavy (non-hydrogen) atoms. The standard InChI is InChI=1S/C6H6Cl6/c1-3(5(7,8)9)4(2)6(10,11)12/h1-2H3/b4-3-. The average Bonchev–Trinajstić information content (AvgIpc) is 1.80. The summed E-state index contributed by atoms with van der Waals surface area (Å²) in [6, 6.07) is 0. The number of hydrogen-bond donors (Lipinski definition) is 0. The van der Waals surface area contributed by atoms with Crippen LogP contribution < -0.4 is 0 Å². The molecule has 0 bridgehead atoms. The fraction of sp³-hybridized carbons (Fsp3) is 0.667. The second kappa shape index (κ2) is 4.33. The summed E-state index contributed by atoms with van der Waals surface area (Å²) in [6.07, 6.45) is 0. The van der Waals surface area contributed by atoms with Crippen LogP contribution in [-0.2, 0) is 0 Å². The van der Waals surface area contributed by atoms with Crippen molar-refractivity contribution in [1.82, 2.24) is 0 Å². The van der Waals surface area contributed by atoms with Crippen molar-refractivity contribution in [3.8, 4) is 0 Å². The van der Waals surface area contributed by atoms with Crippen LogP contribution >= 0.6 is 69.6 Å². The maximum Gasteiger partial charge on any atom is 0.212 e. The van der Waals surface area contributed by atoms with E-state index in [-0.39, 0.29) is 0 Å². The van der Waals surface area contributed by atoms with Gasteiger partial charge in [0.15, 0.2) is 0 Å². The molecular weight excluding hydrogens is 285 g/mol.